The van der Waals surface area contributed by atoms with Crippen molar-refractivity contribution in [2.45, 2.75) is 58.0 Å². The van der Waals surface area contributed by atoms with E-state index in [4.69, 9.17) is 9.47 Å². The van der Waals surface area contributed by atoms with Crippen LogP contribution in [0.4, 0.5) is 0 Å². The summed E-state index contributed by atoms with van der Waals surface area (Å²) in [4.78, 5) is 0. The van der Waals surface area contributed by atoms with Crippen LogP contribution >= 0.6 is 0 Å². The summed E-state index contributed by atoms with van der Waals surface area (Å²) in [6, 6.07) is 0. The summed E-state index contributed by atoms with van der Waals surface area (Å²) in [5.41, 5.74) is -0.158. The Kier molecular flexibility index (Phi) is 3.33. The van der Waals surface area contributed by atoms with Gasteiger partial charge in [0.2, 0.25) is 0 Å². The number of aliphatic hydroxyl groups excluding tert-OH is 1. The molecule has 1 rings (SSSR count). The molecule has 0 spiro atoms. The Morgan fingerprint density at radius 3 is 2.46 bits per heavy atom. The van der Waals surface area contributed by atoms with Gasteiger partial charge in [-0.2, -0.15) is 0 Å². The lowest BCUT2D eigenvalue weighted by atomic mass is 10.1. The third kappa shape index (κ3) is 3.63. The van der Waals surface area contributed by atoms with Crippen LogP contribution in [0.25, 0.3) is 0 Å². The zero-order chi connectivity index (χ0) is 10.1. The first kappa shape index (κ1) is 11.0. The van der Waals surface area contributed by atoms with Gasteiger partial charge in [0, 0.05) is 6.42 Å². The van der Waals surface area contributed by atoms with Crippen LogP contribution in [-0.2, 0) is 9.47 Å². The lowest BCUT2D eigenvalue weighted by Gasteiger charge is -2.23. The lowest BCUT2D eigenvalue weighted by molar-refractivity contribution is -0.0862. The van der Waals surface area contributed by atoms with Gasteiger partial charge in [0.25, 0.3) is 0 Å². The zero-order valence-corrected chi connectivity index (χ0v) is 8.91. The van der Waals surface area contributed by atoms with Gasteiger partial charge in [0.15, 0.2) is 0 Å². The fourth-order valence-electron chi connectivity index (χ4n) is 1.42. The summed E-state index contributed by atoms with van der Waals surface area (Å²) in [6.45, 7) is 8.45. The minimum atomic E-state index is -0.364. The van der Waals surface area contributed by atoms with E-state index in [9.17, 15) is 5.11 Å². The summed E-state index contributed by atoms with van der Waals surface area (Å²) >= 11 is 0. The van der Waals surface area contributed by atoms with Crippen LogP contribution in [0.3, 0.4) is 0 Å². The molecule has 13 heavy (non-hydrogen) atoms. The first-order valence-corrected chi connectivity index (χ1v) is 4.86. The second kappa shape index (κ2) is 3.95. The zero-order valence-electron chi connectivity index (χ0n) is 8.91. The number of rotatable bonds is 2. The number of hydrogen-bond acceptors (Lipinski definition) is 3. The fourth-order valence-corrected chi connectivity index (χ4v) is 1.42. The van der Waals surface area contributed by atoms with Crippen molar-refractivity contribution in [3.05, 3.63) is 0 Å². The van der Waals surface area contributed by atoms with Gasteiger partial charge in [0.05, 0.1) is 24.4 Å². The Balaban J connectivity index is 2.30. The van der Waals surface area contributed by atoms with Crippen molar-refractivity contribution in [2.75, 3.05) is 6.61 Å². The van der Waals surface area contributed by atoms with Gasteiger partial charge < -0.3 is 14.6 Å². The maximum absolute atomic E-state index is 9.55. The molecule has 1 fully saturated rings. The van der Waals surface area contributed by atoms with Gasteiger partial charge in [-0.3, -0.25) is 0 Å². The Bertz CT molecular complexity index is 162. The Morgan fingerprint density at radius 2 is 2.08 bits per heavy atom. The van der Waals surface area contributed by atoms with E-state index in [0.717, 1.165) is 6.42 Å². The molecule has 0 aromatic heterocycles. The molecule has 78 valence electrons. The van der Waals surface area contributed by atoms with E-state index in [1.165, 1.54) is 0 Å². The molecule has 3 nitrogen and oxygen atoms in total. The molecule has 1 saturated heterocycles. The molecule has 0 amide bonds. The molecule has 1 N–H and O–H groups in total. The molecule has 0 bridgehead atoms. The lowest BCUT2D eigenvalue weighted by Crippen LogP contribution is -2.31. The Morgan fingerprint density at radius 1 is 1.46 bits per heavy atom. The molecular weight excluding hydrogens is 168 g/mol. The number of ether oxygens (including phenoxy) is 2. The maximum atomic E-state index is 9.55. The SMILES string of the molecule is C[C@H]1CC(O)[C@@H](COC(C)(C)C)O1. The van der Waals surface area contributed by atoms with Crippen LogP contribution in [0.5, 0.6) is 0 Å². The van der Waals surface area contributed by atoms with Gasteiger partial charge in [-0.25, -0.2) is 0 Å². The topological polar surface area (TPSA) is 38.7 Å². The number of aliphatic hydroxyl groups is 1. The van der Waals surface area contributed by atoms with E-state index < -0.39 is 0 Å². The highest BCUT2D eigenvalue weighted by molar-refractivity contribution is 4.80. The van der Waals surface area contributed by atoms with Crippen molar-refractivity contribution in [3.63, 3.8) is 0 Å². The molecule has 1 unspecified atom stereocenters. The average Bonchev–Trinajstić information content (AvgIpc) is 2.24. The summed E-state index contributed by atoms with van der Waals surface area (Å²) in [6.07, 6.45) is 0.369. The van der Waals surface area contributed by atoms with Crippen molar-refractivity contribution in [3.8, 4) is 0 Å². The van der Waals surface area contributed by atoms with Crippen LogP contribution in [0.15, 0.2) is 0 Å². The quantitative estimate of drug-likeness (QED) is 0.710. The standard InChI is InChI=1S/C10H20O3/c1-7-5-8(11)9(13-7)6-12-10(2,3)4/h7-9,11H,5-6H2,1-4H3/t7-,8?,9+/m0/s1. The molecule has 3 heteroatoms. The van der Waals surface area contributed by atoms with Gasteiger partial charge >= 0.3 is 0 Å². The largest absolute Gasteiger partial charge is 0.390 e. The molecule has 0 radical (unpaired) electrons. The Hall–Kier alpha value is -0.120. The highest BCUT2D eigenvalue weighted by Gasteiger charge is 2.32. The molecule has 1 aliphatic rings. The molecule has 0 aromatic carbocycles. The van der Waals surface area contributed by atoms with E-state index in [1.807, 2.05) is 27.7 Å². The van der Waals surface area contributed by atoms with Gasteiger partial charge in [-0.1, -0.05) is 0 Å². The summed E-state index contributed by atoms with van der Waals surface area (Å²) in [5.74, 6) is 0. The average molecular weight is 188 g/mol. The van der Waals surface area contributed by atoms with Gasteiger partial charge in [0.1, 0.15) is 6.10 Å². The van der Waals surface area contributed by atoms with E-state index in [0.29, 0.717) is 6.61 Å². The highest BCUT2D eigenvalue weighted by Crippen LogP contribution is 2.21. The van der Waals surface area contributed by atoms with Crippen molar-refractivity contribution >= 4 is 0 Å². The second-order valence-corrected chi connectivity index (χ2v) is 4.71. The van der Waals surface area contributed by atoms with E-state index in [-0.39, 0.29) is 23.9 Å². The third-order valence-electron chi connectivity index (χ3n) is 2.09. The van der Waals surface area contributed by atoms with Crippen molar-refractivity contribution in [1.82, 2.24) is 0 Å². The molecule has 0 saturated carbocycles. The van der Waals surface area contributed by atoms with Crippen LogP contribution < -0.4 is 0 Å². The smallest absolute Gasteiger partial charge is 0.107 e. The minimum absolute atomic E-state index is 0.144. The van der Waals surface area contributed by atoms with E-state index in [2.05, 4.69) is 0 Å². The van der Waals surface area contributed by atoms with Crippen LogP contribution in [-0.4, -0.2) is 35.6 Å². The molecule has 1 heterocycles. The molecular formula is C10H20O3. The minimum Gasteiger partial charge on any atom is -0.390 e. The van der Waals surface area contributed by atoms with Crippen molar-refractivity contribution in [2.24, 2.45) is 0 Å². The van der Waals surface area contributed by atoms with Gasteiger partial charge in [-0.15, -0.1) is 0 Å². The van der Waals surface area contributed by atoms with Crippen LogP contribution in [0.1, 0.15) is 34.1 Å². The summed E-state index contributed by atoms with van der Waals surface area (Å²) in [5, 5.41) is 9.55. The van der Waals surface area contributed by atoms with Crippen LogP contribution in [0, 0.1) is 0 Å². The monoisotopic (exact) mass is 188 g/mol. The fraction of sp³-hybridized carbons (Fsp3) is 1.00. The normalized spacial score (nSPS) is 35.3. The highest BCUT2D eigenvalue weighted by atomic mass is 16.6. The number of hydrogen-bond donors (Lipinski definition) is 1. The Labute approximate surface area is 80.0 Å². The first-order valence-electron chi connectivity index (χ1n) is 4.86. The predicted octanol–water partition coefficient (Wildman–Crippen LogP) is 1.34. The maximum Gasteiger partial charge on any atom is 0.107 e. The molecule has 0 aromatic rings. The van der Waals surface area contributed by atoms with Crippen molar-refractivity contribution < 1.29 is 14.6 Å². The third-order valence-corrected chi connectivity index (χ3v) is 2.09. The van der Waals surface area contributed by atoms with Gasteiger partial charge in [-0.05, 0) is 27.7 Å². The molecule has 3 atom stereocenters. The second-order valence-electron chi connectivity index (χ2n) is 4.71. The van der Waals surface area contributed by atoms with Crippen molar-refractivity contribution in [1.29, 1.82) is 0 Å². The molecule has 1 aliphatic heterocycles. The summed E-state index contributed by atoms with van der Waals surface area (Å²) in [7, 11) is 0. The predicted molar refractivity (Wildman–Crippen MR) is 50.7 cm³/mol. The van der Waals surface area contributed by atoms with E-state index in [1.54, 1.807) is 0 Å². The summed E-state index contributed by atoms with van der Waals surface area (Å²) < 4.78 is 11.0. The van der Waals surface area contributed by atoms with E-state index >= 15 is 0 Å². The first-order chi connectivity index (χ1) is 5.88. The molecule has 0 aliphatic carbocycles. The van der Waals surface area contributed by atoms with Crippen LogP contribution in [0.2, 0.25) is 0 Å².